The summed E-state index contributed by atoms with van der Waals surface area (Å²) >= 11 is 1.61. The fourth-order valence-corrected chi connectivity index (χ4v) is 2.93. The molecule has 2 saturated heterocycles. The van der Waals surface area contributed by atoms with Crippen molar-refractivity contribution in [2.45, 2.75) is 12.5 Å². The van der Waals surface area contributed by atoms with Crippen molar-refractivity contribution in [3.05, 3.63) is 0 Å². The molecule has 0 aliphatic carbocycles. The zero-order chi connectivity index (χ0) is 11.4. The van der Waals surface area contributed by atoms with Gasteiger partial charge < -0.3 is 10.2 Å². The monoisotopic (exact) mass is 279 g/mol. The van der Waals surface area contributed by atoms with Crippen molar-refractivity contribution in [2.24, 2.45) is 0 Å². The molecule has 0 spiro atoms. The summed E-state index contributed by atoms with van der Waals surface area (Å²) in [6.07, 6.45) is 3.25. The summed E-state index contributed by atoms with van der Waals surface area (Å²) in [5.41, 5.74) is 0. The smallest absolute Gasteiger partial charge is 0.232 e. The average Bonchev–Trinajstić information content (AvgIpc) is 2.83. The normalized spacial score (nSPS) is 25.7. The maximum atomic E-state index is 11.7. The summed E-state index contributed by atoms with van der Waals surface area (Å²) in [5.74, 6) is 0.932. The third-order valence-corrected chi connectivity index (χ3v) is 4.02. The van der Waals surface area contributed by atoms with Crippen molar-refractivity contribution >= 4 is 30.1 Å². The third-order valence-electron chi connectivity index (χ3n) is 3.49. The first-order valence-corrected chi connectivity index (χ1v) is 7.42. The Morgan fingerprint density at radius 3 is 2.59 bits per heavy atom. The van der Waals surface area contributed by atoms with Crippen LogP contribution in [0.25, 0.3) is 0 Å². The van der Waals surface area contributed by atoms with E-state index >= 15 is 0 Å². The number of nitrogens with zero attached hydrogens (tertiary/aromatic N) is 2. The fraction of sp³-hybridized carbons (Fsp3) is 0.909. The minimum Gasteiger partial charge on any atom is -0.339 e. The lowest BCUT2D eigenvalue weighted by atomic mass is 10.2. The summed E-state index contributed by atoms with van der Waals surface area (Å²) in [4.78, 5) is 16.2. The second-order valence-corrected chi connectivity index (χ2v) is 5.36. The first-order chi connectivity index (χ1) is 7.81. The van der Waals surface area contributed by atoms with Crippen LogP contribution in [0, 0.1) is 0 Å². The quantitative estimate of drug-likeness (QED) is 0.805. The predicted molar refractivity (Wildman–Crippen MR) is 75.1 cm³/mol. The molecule has 0 aromatic rings. The van der Waals surface area contributed by atoms with Crippen molar-refractivity contribution in [2.75, 3.05) is 51.3 Å². The molecule has 1 atom stereocenters. The maximum Gasteiger partial charge on any atom is 0.232 e. The number of hydrogen-bond donors (Lipinski definition) is 1. The van der Waals surface area contributed by atoms with Gasteiger partial charge in [-0.1, -0.05) is 0 Å². The molecule has 6 heteroatoms. The van der Waals surface area contributed by atoms with E-state index in [1.54, 1.807) is 11.8 Å². The highest BCUT2D eigenvalue weighted by Gasteiger charge is 2.27. The van der Waals surface area contributed by atoms with Crippen LogP contribution in [0.3, 0.4) is 0 Å². The first kappa shape index (κ1) is 15.1. The molecule has 2 aliphatic rings. The Morgan fingerprint density at radius 1 is 1.35 bits per heavy atom. The van der Waals surface area contributed by atoms with Crippen LogP contribution in [0.4, 0.5) is 0 Å². The molecule has 1 amide bonds. The Bertz CT molecular complexity index is 241. The standard InChI is InChI=1S/C11H21N3OS.ClH/c1-16-9-11(15)14-6-4-13(5-7-14)10-2-3-12-8-10;/h10,12H,2-9H2,1H3;1H. The predicted octanol–water partition coefficient (Wildman–Crippen LogP) is 0.277. The van der Waals surface area contributed by atoms with Gasteiger partial charge in [-0.15, -0.1) is 12.4 Å². The Kier molecular flexibility index (Phi) is 6.62. The number of hydrogen-bond acceptors (Lipinski definition) is 4. The number of thioether (sulfide) groups is 1. The molecule has 2 fully saturated rings. The average molecular weight is 280 g/mol. The second-order valence-electron chi connectivity index (χ2n) is 4.50. The number of carbonyl (C=O) groups is 1. The van der Waals surface area contributed by atoms with E-state index < -0.39 is 0 Å². The molecule has 0 bridgehead atoms. The van der Waals surface area contributed by atoms with Crippen LogP contribution in [-0.4, -0.2) is 73.0 Å². The van der Waals surface area contributed by atoms with Crippen LogP contribution in [0.1, 0.15) is 6.42 Å². The van der Waals surface area contributed by atoms with Crippen LogP contribution in [-0.2, 0) is 4.79 Å². The molecule has 0 aromatic heterocycles. The van der Waals surface area contributed by atoms with Gasteiger partial charge in [0.15, 0.2) is 0 Å². The van der Waals surface area contributed by atoms with E-state index in [1.165, 1.54) is 6.42 Å². The second kappa shape index (κ2) is 7.46. The van der Waals surface area contributed by atoms with E-state index in [4.69, 9.17) is 0 Å². The first-order valence-electron chi connectivity index (χ1n) is 6.02. The molecule has 2 aliphatic heterocycles. The zero-order valence-corrected chi connectivity index (χ0v) is 12.0. The van der Waals surface area contributed by atoms with Gasteiger partial charge in [-0.3, -0.25) is 9.69 Å². The number of carbonyl (C=O) groups excluding carboxylic acids is 1. The van der Waals surface area contributed by atoms with E-state index in [0.29, 0.717) is 17.7 Å². The Labute approximate surface area is 114 Å². The van der Waals surface area contributed by atoms with Crippen LogP contribution in [0.5, 0.6) is 0 Å². The zero-order valence-electron chi connectivity index (χ0n) is 10.4. The Balaban J connectivity index is 0.00000144. The molecular weight excluding hydrogens is 258 g/mol. The lowest BCUT2D eigenvalue weighted by Gasteiger charge is -2.37. The molecule has 0 radical (unpaired) electrons. The molecule has 2 heterocycles. The number of piperazine rings is 1. The Morgan fingerprint density at radius 2 is 2.06 bits per heavy atom. The molecule has 1 N–H and O–H groups in total. The van der Waals surface area contributed by atoms with Crippen molar-refractivity contribution in [1.29, 1.82) is 0 Å². The summed E-state index contributed by atoms with van der Waals surface area (Å²) in [5, 5.41) is 3.40. The minimum atomic E-state index is 0. The van der Waals surface area contributed by atoms with Crippen LogP contribution in [0.2, 0.25) is 0 Å². The SMILES string of the molecule is CSCC(=O)N1CCN(C2CCNC2)CC1.Cl. The summed E-state index contributed by atoms with van der Waals surface area (Å²) < 4.78 is 0. The molecule has 0 aromatic carbocycles. The third kappa shape index (κ3) is 4.02. The van der Waals surface area contributed by atoms with Gasteiger partial charge in [-0.25, -0.2) is 0 Å². The van der Waals surface area contributed by atoms with Crippen molar-refractivity contribution in [3.8, 4) is 0 Å². The molecule has 100 valence electrons. The fourth-order valence-electron chi connectivity index (χ4n) is 2.50. The highest BCUT2D eigenvalue weighted by Crippen LogP contribution is 2.12. The summed E-state index contributed by atoms with van der Waals surface area (Å²) in [6.45, 7) is 6.19. The van der Waals surface area contributed by atoms with E-state index in [-0.39, 0.29) is 12.4 Å². The van der Waals surface area contributed by atoms with Gasteiger partial charge in [-0.05, 0) is 19.2 Å². The highest BCUT2D eigenvalue weighted by atomic mass is 35.5. The molecule has 2 rings (SSSR count). The van der Waals surface area contributed by atoms with Gasteiger partial charge in [0.25, 0.3) is 0 Å². The van der Waals surface area contributed by atoms with E-state index in [2.05, 4.69) is 10.2 Å². The van der Waals surface area contributed by atoms with E-state index in [9.17, 15) is 4.79 Å². The molecular formula is C11H22ClN3OS. The number of halogens is 1. The molecule has 1 unspecified atom stereocenters. The number of amides is 1. The van der Waals surface area contributed by atoms with E-state index in [1.807, 2.05) is 11.2 Å². The van der Waals surface area contributed by atoms with E-state index in [0.717, 1.165) is 39.3 Å². The van der Waals surface area contributed by atoms with Gasteiger partial charge in [0, 0.05) is 38.8 Å². The van der Waals surface area contributed by atoms with Gasteiger partial charge in [0.2, 0.25) is 5.91 Å². The number of rotatable bonds is 3. The lowest BCUT2D eigenvalue weighted by Crippen LogP contribution is -2.52. The maximum absolute atomic E-state index is 11.7. The number of nitrogens with one attached hydrogen (secondary N) is 1. The van der Waals surface area contributed by atoms with Gasteiger partial charge >= 0.3 is 0 Å². The van der Waals surface area contributed by atoms with Crippen LogP contribution in [0.15, 0.2) is 0 Å². The minimum absolute atomic E-state index is 0. The van der Waals surface area contributed by atoms with Crippen LogP contribution >= 0.6 is 24.2 Å². The molecule has 17 heavy (non-hydrogen) atoms. The van der Waals surface area contributed by atoms with Gasteiger partial charge in [-0.2, -0.15) is 11.8 Å². The van der Waals surface area contributed by atoms with Crippen molar-refractivity contribution < 1.29 is 4.79 Å². The van der Waals surface area contributed by atoms with Crippen LogP contribution < -0.4 is 5.32 Å². The largest absolute Gasteiger partial charge is 0.339 e. The summed E-state index contributed by atoms with van der Waals surface area (Å²) in [7, 11) is 0. The molecule has 0 saturated carbocycles. The lowest BCUT2D eigenvalue weighted by molar-refractivity contribution is -0.130. The van der Waals surface area contributed by atoms with Crippen molar-refractivity contribution in [3.63, 3.8) is 0 Å². The van der Waals surface area contributed by atoms with Gasteiger partial charge in [0.05, 0.1) is 5.75 Å². The Hall–Kier alpha value is 0.0300. The highest BCUT2D eigenvalue weighted by molar-refractivity contribution is 7.99. The topological polar surface area (TPSA) is 35.6 Å². The van der Waals surface area contributed by atoms with Crippen molar-refractivity contribution in [1.82, 2.24) is 15.1 Å². The molecule has 4 nitrogen and oxygen atoms in total. The summed E-state index contributed by atoms with van der Waals surface area (Å²) in [6, 6.07) is 0.706. The van der Waals surface area contributed by atoms with Gasteiger partial charge in [0.1, 0.15) is 0 Å².